The van der Waals surface area contributed by atoms with E-state index in [2.05, 4.69) is 9.61 Å². The molecule has 110 valence electrons. The number of halogens is 2. The number of amides is 2. The van der Waals surface area contributed by atoms with Crippen LogP contribution in [0.3, 0.4) is 0 Å². The summed E-state index contributed by atoms with van der Waals surface area (Å²) in [4.78, 5) is 21.3. The highest BCUT2D eigenvalue weighted by Crippen LogP contribution is 2.13. The Morgan fingerprint density at radius 1 is 1.15 bits per heavy atom. The van der Waals surface area contributed by atoms with Crippen LogP contribution in [0.15, 0.2) is 24.3 Å². The second-order valence-electron chi connectivity index (χ2n) is 3.56. The van der Waals surface area contributed by atoms with Crippen LogP contribution in [-0.2, 0) is 14.9 Å². The van der Waals surface area contributed by atoms with Crippen LogP contribution in [0.25, 0.3) is 0 Å². The SMILES string of the molecule is CS(=O)(=O)Oc1ccc(C(=O)NNC(=O)C(Cl)Cl)cc1. The van der Waals surface area contributed by atoms with Crippen molar-refractivity contribution in [3.63, 3.8) is 0 Å². The number of carbonyl (C=O) groups excluding carboxylic acids is 2. The predicted molar refractivity (Wildman–Crippen MR) is 73.0 cm³/mol. The lowest BCUT2D eigenvalue weighted by Gasteiger charge is -2.08. The molecule has 0 saturated carbocycles. The first-order valence-electron chi connectivity index (χ1n) is 5.07. The lowest BCUT2D eigenvalue weighted by Crippen LogP contribution is -2.43. The Morgan fingerprint density at radius 3 is 2.15 bits per heavy atom. The third-order valence-corrected chi connectivity index (χ3v) is 2.75. The molecule has 0 saturated heterocycles. The molecule has 0 aliphatic carbocycles. The first-order valence-corrected chi connectivity index (χ1v) is 7.76. The predicted octanol–water partition coefficient (Wildman–Crippen LogP) is 0.590. The van der Waals surface area contributed by atoms with E-state index in [0.717, 1.165) is 6.26 Å². The lowest BCUT2D eigenvalue weighted by molar-refractivity contribution is -0.120. The number of benzene rings is 1. The Hall–Kier alpha value is -1.51. The van der Waals surface area contributed by atoms with Gasteiger partial charge in [0, 0.05) is 5.56 Å². The van der Waals surface area contributed by atoms with Crippen molar-refractivity contribution in [3.8, 4) is 5.75 Å². The van der Waals surface area contributed by atoms with Gasteiger partial charge in [0.2, 0.25) is 0 Å². The normalized spacial score (nSPS) is 11.0. The maximum absolute atomic E-state index is 11.6. The number of carbonyl (C=O) groups is 2. The first kappa shape index (κ1) is 16.5. The zero-order chi connectivity index (χ0) is 15.3. The molecule has 0 radical (unpaired) electrons. The van der Waals surface area contributed by atoms with Crippen LogP contribution in [0.4, 0.5) is 0 Å². The van der Waals surface area contributed by atoms with Crippen LogP contribution in [0.5, 0.6) is 5.75 Å². The second kappa shape index (κ2) is 6.78. The summed E-state index contributed by atoms with van der Waals surface area (Å²) in [5.41, 5.74) is 4.26. The zero-order valence-electron chi connectivity index (χ0n) is 10.1. The maximum atomic E-state index is 11.6. The van der Waals surface area contributed by atoms with Crippen molar-refractivity contribution in [2.45, 2.75) is 4.84 Å². The van der Waals surface area contributed by atoms with Gasteiger partial charge in [-0.05, 0) is 24.3 Å². The summed E-state index contributed by atoms with van der Waals surface area (Å²) in [5.74, 6) is -1.34. The average molecular weight is 341 g/mol. The van der Waals surface area contributed by atoms with E-state index >= 15 is 0 Å². The van der Waals surface area contributed by atoms with Crippen molar-refractivity contribution in [1.29, 1.82) is 0 Å². The van der Waals surface area contributed by atoms with Crippen molar-refractivity contribution >= 4 is 45.1 Å². The Morgan fingerprint density at radius 2 is 1.70 bits per heavy atom. The molecule has 2 amide bonds. The number of nitrogens with one attached hydrogen (secondary N) is 2. The van der Waals surface area contributed by atoms with Crippen LogP contribution in [0.1, 0.15) is 10.4 Å². The fraction of sp³-hybridized carbons (Fsp3) is 0.200. The molecule has 0 aliphatic rings. The van der Waals surface area contributed by atoms with Crippen molar-refractivity contribution in [3.05, 3.63) is 29.8 Å². The molecule has 0 aromatic heterocycles. The number of rotatable bonds is 4. The third-order valence-electron chi connectivity index (χ3n) is 1.86. The smallest absolute Gasteiger partial charge is 0.306 e. The highest BCUT2D eigenvalue weighted by atomic mass is 35.5. The van der Waals surface area contributed by atoms with Crippen molar-refractivity contribution in [1.82, 2.24) is 10.9 Å². The largest absolute Gasteiger partial charge is 0.383 e. The summed E-state index contributed by atoms with van der Waals surface area (Å²) < 4.78 is 26.4. The van der Waals surface area contributed by atoms with E-state index in [4.69, 9.17) is 23.2 Å². The minimum absolute atomic E-state index is 0.0645. The van der Waals surface area contributed by atoms with Gasteiger partial charge in [0.1, 0.15) is 5.75 Å². The standard InChI is InChI=1S/C10H10Cl2N2O5S/c1-20(17,18)19-7-4-2-6(3-5-7)9(15)13-14-10(16)8(11)12/h2-5,8H,1H3,(H,13,15)(H,14,16). The number of alkyl halides is 2. The van der Waals surface area contributed by atoms with Gasteiger partial charge >= 0.3 is 10.1 Å². The fourth-order valence-corrected chi connectivity index (χ4v) is 1.65. The number of hydrogen-bond acceptors (Lipinski definition) is 5. The molecule has 1 aromatic rings. The van der Waals surface area contributed by atoms with Gasteiger partial charge in [0.15, 0.2) is 4.84 Å². The van der Waals surface area contributed by atoms with E-state index in [0.29, 0.717) is 0 Å². The highest BCUT2D eigenvalue weighted by Gasteiger charge is 2.13. The van der Waals surface area contributed by atoms with Gasteiger partial charge in [-0.3, -0.25) is 20.4 Å². The summed E-state index contributed by atoms with van der Waals surface area (Å²) in [6.45, 7) is 0. The van der Waals surface area contributed by atoms with Gasteiger partial charge in [-0.25, -0.2) is 0 Å². The number of hydrazine groups is 1. The molecule has 0 spiro atoms. The Bertz CT molecular complexity index is 601. The maximum Gasteiger partial charge on any atom is 0.306 e. The number of hydrogen-bond donors (Lipinski definition) is 2. The monoisotopic (exact) mass is 340 g/mol. The van der Waals surface area contributed by atoms with Crippen LogP contribution < -0.4 is 15.0 Å². The van der Waals surface area contributed by atoms with Crippen molar-refractivity contribution in [2.24, 2.45) is 0 Å². The van der Waals surface area contributed by atoms with E-state index in [1.807, 2.05) is 5.43 Å². The van der Waals surface area contributed by atoms with E-state index in [-0.39, 0.29) is 11.3 Å². The molecule has 0 aliphatic heterocycles. The zero-order valence-corrected chi connectivity index (χ0v) is 12.4. The quantitative estimate of drug-likeness (QED) is 0.474. The summed E-state index contributed by atoms with van der Waals surface area (Å²) in [7, 11) is -3.63. The average Bonchev–Trinajstić information content (AvgIpc) is 2.34. The summed E-state index contributed by atoms with van der Waals surface area (Å²) >= 11 is 10.5. The van der Waals surface area contributed by atoms with Crippen LogP contribution in [0, 0.1) is 0 Å². The van der Waals surface area contributed by atoms with Gasteiger partial charge in [-0.1, -0.05) is 23.2 Å². The minimum Gasteiger partial charge on any atom is -0.383 e. The molecule has 10 heteroatoms. The summed E-state index contributed by atoms with van der Waals surface area (Å²) in [5, 5.41) is 0. The molecule has 1 rings (SSSR count). The summed E-state index contributed by atoms with van der Waals surface area (Å²) in [6, 6.07) is 5.23. The summed E-state index contributed by atoms with van der Waals surface area (Å²) in [6.07, 6.45) is 0.901. The van der Waals surface area contributed by atoms with Crippen LogP contribution >= 0.6 is 23.2 Å². The highest BCUT2D eigenvalue weighted by molar-refractivity contribution is 7.86. The van der Waals surface area contributed by atoms with Gasteiger partial charge < -0.3 is 4.18 Å². The second-order valence-corrected chi connectivity index (χ2v) is 6.23. The third kappa shape index (κ3) is 5.64. The lowest BCUT2D eigenvalue weighted by atomic mass is 10.2. The van der Waals surface area contributed by atoms with Crippen molar-refractivity contribution < 1.29 is 22.2 Å². The Kier molecular flexibility index (Phi) is 5.61. The Balaban J connectivity index is 2.64. The molecule has 0 fully saturated rings. The van der Waals surface area contributed by atoms with E-state index < -0.39 is 26.8 Å². The first-order chi connectivity index (χ1) is 9.19. The van der Waals surface area contributed by atoms with E-state index in [9.17, 15) is 18.0 Å². The molecular formula is C10H10Cl2N2O5S. The van der Waals surface area contributed by atoms with E-state index in [1.54, 1.807) is 0 Å². The van der Waals surface area contributed by atoms with Gasteiger partial charge in [-0.2, -0.15) is 8.42 Å². The van der Waals surface area contributed by atoms with Gasteiger partial charge in [0.05, 0.1) is 6.26 Å². The topological polar surface area (TPSA) is 102 Å². The fourth-order valence-electron chi connectivity index (χ4n) is 1.08. The molecule has 0 atom stereocenters. The van der Waals surface area contributed by atoms with Gasteiger partial charge in [-0.15, -0.1) is 0 Å². The molecule has 7 nitrogen and oxygen atoms in total. The molecule has 0 heterocycles. The van der Waals surface area contributed by atoms with E-state index in [1.165, 1.54) is 24.3 Å². The molecule has 2 N–H and O–H groups in total. The molecule has 0 unspecified atom stereocenters. The minimum atomic E-state index is -3.63. The molecule has 20 heavy (non-hydrogen) atoms. The van der Waals surface area contributed by atoms with Crippen LogP contribution in [0.2, 0.25) is 0 Å². The van der Waals surface area contributed by atoms with Gasteiger partial charge in [0.25, 0.3) is 11.8 Å². The molecular weight excluding hydrogens is 331 g/mol. The Labute approximate surface area is 125 Å². The van der Waals surface area contributed by atoms with Crippen molar-refractivity contribution in [2.75, 3.05) is 6.26 Å². The van der Waals surface area contributed by atoms with Crippen LogP contribution in [-0.4, -0.2) is 31.3 Å². The molecule has 0 bridgehead atoms. The molecule has 1 aromatic carbocycles.